The Morgan fingerprint density at radius 3 is 2.56 bits per heavy atom. The average Bonchev–Trinajstić information content (AvgIpc) is 3.30. The maximum absolute atomic E-state index is 13.6. The monoisotopic (exact) mass is 504 g/mol. The molecule has 0 saturated heterocycles. The summed E-state index contributed by atoms with van der Waals surface area (Å²) in [5.41, 5.74) is 8.90. The maximum atomic E-state index is 13.6. The molecule has 1 aromatic heterocycles. The van der Waals surface area contributed by atoms with Crippen LogP contribution in [0.4, 0.5) is 5.69 Å². The van der Waals surface area contributed by atoms with Crippen molar-refractivity contribution in [1.29, 1.82) is 0 Å². The zero-order valence-corrected chi connectivity index (χ0v) is 20.8. The second-order valence-electron chi connectivity index (χ2n) is 8.38. The molecule has 0 spiro atoms. The summed E-state index contributed by atoms with van der Waals surface area (Å²) in [5.74, 6) is 0.197. The van der Waals surface area contributed by atoms with Crippen LogP contribution in [0.25, 0.3) is 10.9 Å². The van der Waals surface area contributed by atoms with Crippen molar-refractivity contribution < 1.29 is 14.3 Å². The van der Waals surface area contributed by atoms with E-state index in [0.29, 0.717) is 29.2 Å². The number of carbonyl (C=O) groups is 2. The van der Waals surface area contributed by atoms with Gasteiger partial charge in [0, 0.05) is 58.9 Å². The van der Waals surface area contributed by atoms with Crippen LogP contribution in [-0.4, -0.2) is 41.9 Å². The molecular formula is C28H29ClN4O3. The molecular weight excluding hydrogens is 476 g/mol. The zero-order chi connectivity index (χ0) is 25.5. The Labute approximate surface area is 215 Å². The third kappa shape index (κ3) is 5.70. The molecule has 4 N–H and O–H groups in total. The lowest BCUT2D eigenvalue weighted by Crippen LogP contribution is -2.43. The van der Waals surface area contributed by atoms with Crippen molar-refractivity contribution in [1.82, 2.24) is 9.88 Å². The fourth-order valence-corrected chi connectivity index (χ4v) is 4.52. The van der Waals surface area contributed by atoms with E-state index in [1.165, 1.54) is 0 Å². The van der Waals surface area contributed by atoms with Crippen molar-refractivity contribution in [3.63, 3.8) is 0 Å². The minimum atomic E-state index is -0.928. The van der Waals surface area contributed by atoms with Gasteiger partial charge in [-0.25, -0.2) is 0 Å². The van der Waals surface area contributed by atoms with Gasteiger partial charge in [0.1, 0.15) is 11.8 Å². The topological polar surface area (TPSA) is 100 Å². The number of nitrogens with zero attached hydrogens (tertiary/aromatic N) is 1. The number of amides is 2. The number of aromatic nitrogens is 1. The number of nitrogens with one attached hydrogen (secondary N) is 2. The fraction of sp³-hybridized carbons (Fsp3) is 0.214. The summed E-state index contributed by atoms with van der Waals surface area (Å²) in [5, 5.41) is 4.38. The van der Waals surface area contributed by atoms with Crippen LogP contribution >= 0.6 is 11.6 Å². The van der Waals surface area contributed by atoms with Gasteiger partial charge in [-0.1, -0.05) is 48.0 Å². The first-order valence-corrected chi connectivity index (χ1v) is 12.1. The number of aromatic amines is 1. The predicted molar refractivity (Wildman–Crippen MR) is 143 cm³/mol. The van der Waals surface area contributed by atoms with E-state index in [1.807, 2.05) is 48.7 Å². The SMILES string of the molecule is COc1ccc2c(CCN(C(=O)CCN)C(C(=O)Nc3ccccc3)c3ccccc3Cl)c[nH]c2c1. The molecule has 1 heterocycles. The largest absolute Gasteiger partial charge is 0.497 e. The van der Waals surface area contributed by atoms with Crippen LogP contribution in [-0.2, 0) is 16.0 Å². The molecule has 2 amide bonds. The number of halogens is 1. The number of methoxy groups -OCH3 is 1. The van der Waals surface area contributed by atoms with E-state index in [4.69, 9.17) is 22.1 Å². The van der Waals surface area contributed by atoms with Gasteiger partial charge in [0.15, 0.2) is 0 Å². The van der Waals surface area contributed by atoms with Crippen molar-refractivity contribution in [2.75, 3.05) is 25.5 Å². The van der Waals surface area contributed by atoms with E-state index in [9.17, 15) is 9.59 Å². The first-order valence-electron chi connectivity index (χ1n) is 11.8. The van der Waals surface area contributed by atoms with Crippen LogP contribution in [0.5, 0.6) is 5.75 Å². The van der Waals surface area contributed by atoms with E-state index in [1.54, 1.807) is 42.3 Å². The summed E-state index contributed by atoms with van der Waals surface area (Å²) < 4.78 is 5.31. The molecule has 0 fully saturated rings. The zero-order valence-electron chi connectivity index (χ0n) is 20.0. The minimum Gasteiger partial charge on any atom is -0.497 e. The van der Waals surface area contributed by atoms with Crippen molar-refractivity contribution in [2.24, 2.45) is 5.73 Å². The van der Waals surface area contributed by atoms with E-state index in [0.717, 1.165) is 22.2 Å². The second kappa shape index (κ2) is 11.7. The number of fused-ring (bicyclic) bond motifs is 1. The molecule has 3 aromatic carbocycles. The van der Waals surface area contributed by atoms with Gasteiger partial charge in [0.05, 0.1) is 7.11 Å². The quantitative estimate of drug-likeness (QED) is 0.285. The fourth-order valence-electron chi connectivity index (χ4n) is 4.28. The summed E-state index contributed by atoms with van der Waals surface area (Å²) in [4.78, 5) is 31.8. The molecule has 4 aromatic rings. The lowest BCUT2D eigenvalue weighted by atomic mass is 10.0. The van der Waals surface area contributed by atoms with E-state index in [2.05, 4.69) is 10.3 Å². The van der Waals surface area contributed by atoms with Crippen molar-refractivity contribution >= 4 is 40.0 Å². The Bertz CT molecular complexity index is 1340. The predicted octanol–water partition coefficient (Wildman–Crippen LogP) is 4.93. The highest BCUT2D eigenvalue weighted by Crippen LogP contribution is 2.31. The molecule has 4 rings (SSSR count). The lowest BCUT2D eigenvalue weighted by molar-refractivity contribution is -0.138. The van der Waals surface area contributed by atoms with Gasteiger partial charge in [-0.15, -0.1) is 0 Å². The molecule has 1 atom stereocenters. The van der Waals surface area contributed by atoms with Gasteiger partial charge in [0.2, 0.25) is 5.91 Å². The lowest BCUT2D eigenvalue weighted by Gasteiger charge is -2.32. The molecule has 0 bridgehead atoms. The summed E-state index contributed by atoms with van der Waals surface area (Å²) in [7, 11) is 1.63. The van der Waals surface area contributed by atoms with Crippen molar-refractivity contribution in [3.05, 3.63) is 95.1 Å². The summed E-state index contributed by atoms with van der Waals surface area (Å²) in [6, 6.07) is 21.1. The Morgan fingerprint density at radius 2 is 1.83 bits per heavy atom. The first-order chi connectivity index (χ1) is 17.5. The first kappa shape index (κ1) is 25.3. The summed E-state index contributed by atoms with van der Waals surface area (Å²) in [6.07, 6.45) is 2.57. The highest BCUT2D eigenvalue weighted by atomic mass is 35.5. The van der Waals surface area contributed by atoms with Crippen LogP contribution in [0, 0.1) is 0 Å². The molecule has 1 unspecified atom stereocenters. The number of rotatable bonds is 10. The summed E-state index contributed by atoms with van der Waals surface area (Å²) in [6.45, 7) is 0.480. The highest BCUT2D eigenvalue weighted by Gasteiger charge is 2.32. The van der Waals surface area contributed by atoms with Gasteiger partial charge < -0.3 is 25.7 Å². The second-order valence-corrected chi connectivity index (χ2v) is 8.79. The van der Waals surface area contributed by atoms with Crippen LogP contribution < -0.4 is 15.8 Å². The molecule has 186 valence electrons. The standard InChI is InChI=1S/C28H29ClN4O3/c1-36-21-11-12-22-19(18-31-25(22)17-21)14-16-33(26(34)13-15-30)27(23-9-5-6-10-24(23)29)28(35)32-20-7-3-2-4-8-20/h2-12,17-18,27,31H,13-16,30H2,1H3,(H,32,35). The molecule has 8 heteroatoms. The minimum absolute atomic E-state index is 0.116. The Balaban J connectivity index is 1.68. The van der Waals surface area contributed by atoms with Crippen LogP contribution in [0.2, 0.25) is 5.02 Å². The molecule has 0 saturated carbocycles. The molecule has 0 aliphatic heterocycles. The van der Waals surface area contributed by atoms with Crippen molar-refractivity contribution in [2.45, 2.75) is 18.9 Å². The van der Waals surface area contributed by atoms with Gasteiger partial charge >= 0.3 is 0 Å². The number of nitrogens with two attached hydrogens (primary N) is 1. The summed E-state index contributed by atoms with van der Waals surface area (Å²) >= 11 is 6.54. The maximum Gasteiger partial charge on any atom is 0.251 e. The molecule has 0 radical (unpaired) electrons. The van der Waals surface area contributed by atoms with Gasteiger partial charge in [-0.2, -0.15) is 0 Å². The Hall–Kier alpha value is -3.81. The van der Waals surface area contributed by atoms with Gasteiger partial charge in [0.25, 0.3) is 5.91 Å². The third-order valence-corrected chi connectivity index (χ3v) is 6.42. The number of para-hydroxylation sites is 1. The van der Waals surface area contributed by atoms with Gasteiger partial charge in [-0.05, 0) is 42.3 Å². The van der Waals surface area contributed by atoms with Crippen LogP contribution in [0.15, 0.2) is 79.0 Å². The van der Waals surface area contributed by atoms with Gasteiger partial charge in [-0.3, -0.25) is 9.59 Å². The number of hydrogen-bond acceptors (Lipinski definition) is 4. The number of hydrogen-bond donors (Lipinski definition) is 3. The number of carbonyl (C=O) groups excluding carboxylic acids is 2. The molecule has 7 nitrogen and oxygen atoms in total. The van der Waals surface area contributed by atoms with E-state index < -0.39 is 6.04 Å². The van der Waals surface area contributed by atoms with E-state index in [-0.39, 0.29) is 24.8 Å². The number of benzene rings is 3. The van der Waals surface area contributed by atoms with E-state index >= 15 is 0 Å². The smallest absolute Gasteiger partial charge is 0.251 e. The highest BCUT2D eigenvalue weighted by molar-refractivity contribution is 6.31. The number of H-pyrrole nitrogens is 1. The Kier molecular flexibility index (Phi) is 8.25. The average molecular weight is 505 g/mol. The molecule has 36 heavy (non-hydrogen) atoms. The third-order valence-electron chi connectivity index (χ3n) is 6.08. The Morgan fingerprint density at radius 1 is 1.08 bits per heavy atom. The number of anilines is 1. The normalized spacial score (nSPS) is 11.8. The van der Waals surface area contributed by atoms with Crippen LogP contribution in [0.1, 0.15) is 23.6 Å². The molecule has 0 aliphatic rings. The molecule has 0 aliphatic carbocycles. The van der Waals surface area contributed by atoms with Crippen molar-refractivity contribution in [3.8, 4) is 5.75 Å². The van der Waals surface area contributed by atoms with Crippen LogP contribution in [0.3, 0.4) is 0 Å². The number of ether oxygens (including phenoxy) is 1.